The molecule has 0 saturated heterocycles. The molecule has 1 aromatic rings. The smallest absolute Gasteiger partial charge is 0.262 e. The molecule has 1 fully saturated rings. The molecule has 0 radical (unpaired) electrons. The molecule has 1 N–H and O–H groups in total. The predicted octanol–water partition coefficient (Wildman–Crippen LogP) is 4.10. The predicted molar refractivity (Wildman–Crippen MR) is 86.1 cm³/mol. The number of nitrogens with one attached hydrogen (secondary N) is 1. The van der Waals surface area contributed by atoms with E-state index in [1.807, 2.05) is 0 Å². The lowest BCUT2D eigenvalue weighted by atomic mass is 9.83. The summed E-state index contributed by atoms with van der Waals surface area (Å²) in [5, 5.41) is 13.1. The molecule has 0 bridgehead atoms. The van der Waals surface area contributed by atoms with Crippen molar-refractivity contribution >= 4 is 29.1 Å². The number of amides is 1. The number of halogens is 2. The molecular formula is C16H18Cl2N2O2. The fraction of sp³-hybridized carbons (Fsp3) is 0.500. The summed E-state index contributed by atoms with van der Waals surface area (Å²) in [5.41, 5.74) is -0.767. The van der Waals surface area contributed by atoms with Crippen LogP contribution in [0.5, 0.6) is 5.75 Å². The average molecular weight is 341 g/mol. The van der Waals surface area contributed by atoms with Crippen molar-refractivity contribution in [1.29, 1.82) is 5.26 Å². The Morgan fingerprint density at radius 3 is 2.64 bits per heavy atom. The monoisotopic (exact) mass is 340 g/mol. The minimum Gasteiger partial charge on any atom is -0.479 e. The Morgan fingerprint density at radius 1 is 1.36 bits per heavy atom. The molecule has 1 aromatic carbocycles. The number of nitrogens with zero attached hydrogens (tertiary/aromatic N) is 1. The third-order valence-corrected chi connectivity index (χ3v) is 4.38. The van der Waals surface area contributed by atoms with Crippen molar-refractivity contribution in [2.45, 2.75) is 50.7 Å². The standard InChI is InChI=1S/C16H18Cl2N2O2/c1-11(22-14-6-5-12(17)9-13(14)18)15(21)20-16(10-19)7-3-2-4-8-16/h5-6,9,11H,2-4,7-8H2,1H3,(H,20,21). The van der Waals surface area contributed by atoms with Gasteiger partial charge in [-0.05, 0) is 38.0 Å². The van der Waals surface area contributed by atoms with Crippen molar-refractivity contribution in [3.8, 4) is 11.8 Å². The van der Waals surface area contributed by atoms with E-state index >= 15 is 0 Å². The van der Waals surface area contributed by atoms with Crippen LogP contribution in [0.15, 0.2) is 18.2 Å². The highest BCUT2D eigenvalue weighted by Gasteiger charge is 2.35. The third-order valence-electron chi connectivity index (χ3n) is 3.85. The van der Waals surface area contributed by atoms with Gasteiger partial charge in [-0.1, -0.05) is 42.5 Å². The molecule has 1 atom stereocenters. The molecule has 6 heteroatoms. The summed E-state index contributed by atoms with van der Waals surface area (Å²) in [6.45, 7) is 1.63. The molecule has 1 aliphatic rings. The summed E-state index contributed by atoms with van der Waals surface area (Å²) >= 11 is 11.9. The molecule has 0 aliphatic heterocycles. The van der Waals surface area contributed by atoms with E-state index in [9.17, 15) is 10.1 Å². The molecule has 4 nitrogen and oxygen atoms in total. The third kappa shape index (κ3) is 4.06. The maximum atomic E-state index is 12.3. The number of nitriles is 1. The first-order valence-corrected chi connectivity index (χ1v) is 8.06. The highest BCUT2D eigenvalue weighted by atomic mass is 35.5. The number of benzene rings is 1. The molecule has 1 aliphatic carbocycles. The normalized spacial score (nSPS) is 18.1. The van der Waals surface area contributed by atoms with Crippen molar-refractivity contribution in [3.05, 3.63) is 28.2 Å². The second-order valence-corrected chi connectivity index (χ2v) is 6.42. The van der Waals surface area contributed by atoms with Crippen molar-refractivity contribution in [3.63, 3.8) is 0 Å². The van der Waals surface area contributed by atoms with Crippen LogP contribution in [0.25, 0.3) is 0 Å². The second-order valence-electron chi connectivity index (χ2n) is 5.58. The van der Waals surface area contributed by atoms with Gasteiger partial charge < -0.3 is 10.1 Å². The maximum Gasteiger partial charge on any atom is 0.262 e. The number of hydrogen-bond acceptors (Lipinski definition) is 3. The van der Waals surface area contributed by atoms with E-state index in [1.54, 1.807) is 25.1 Å². The summed E-state index contributed by atoms with van der Waals surface area (Å²) in [4.78, 5) is 12.3. The largest absolute Gasteiger partial charge is 0.479 e. The molecule has 1 unspecified atom stereocenters. The lowest BCUT2D eigenvalue weighted by Gasteiger charge is -2.32. The topological polar surface area (TPSA) is 62.1 Å². The highest BCUT2D eigenvalue weighted by Crippen LogP contribution is 2.30. The Labute approximate surface area is 140 Å². The Balaban J connectivity index is 2.01. The Kier molecular flexibility index (Phi) is 5.55. The van der Waals surface area contributed by atoms with Gasteiger partial charge in [-0.2, -0.15) is 5.26 Å². The van der Waals surface area contributed by atoms with Crippen LogP contribution in [0.3, 0.4) is 0 Å². The Morgan fingerprint density at radius 2 is 2.05 bits per heavy atom. The van der Waals surface area contributed by atoms with Crippen LogP contribution in [0.1, 0.15) is 39.0 Å². The van der Waals surface area contributed by atoms with Gasteiger partial charge in [-0.25, -0.2) is 0 Å². The summed E-state index contributed by atoms with van der Waals surface area (Å²) in [7, 11) is 0. The molecule has 0 aromatic heterocycles. The number of ether oxygens (including phenoxy) is 1. The van der Waals surface area contributed by atoms with Crippen LogP contribution in [0.2, 0.25) is 10.0 Å². The van der Waals surface area contributed by atoms with E-state index in [0.29, 0.717) is 28.6 Å². The van der Waals surface area contributed by atoms with E-state index in [4.69, 9.17) is 27.9 Å². The number of rotatable bonds is 4. The lowest BCUT2D eigenvalue weighted by molar-refractivity contribution is -0.129. The number of carbonyl (C=O) groups is 1. The van der Waals surface area contributed by atoms with Gasteiger partial charge in [0, 0.05) is 5.02 Å². The molecular weight excluding hydrogens is 323 g/mol. The Bertz CT molecular complexity index is 592. The molecule has 1 amide bonds. The van der Waals surface area contributed by atoms with Crippen LogP contribution < -0.4 is 10.1 Å². The average Bonchev–Trinajstić information content (AvgIpc) is 2.51. The van der Waals surface area contributed by atoms with Crippen LogP contribution in [0, 0.1) is 11.3 Å². The van der Waals surface area contributed by atoms with Gasteiger partial charge in [0.25, 0.3) is 5.91 Å². The number of carbonyl (C=O) groups excluding carboxylic acids is 1. The van der Waals surface area contributed by atoms with Crippen LogP contribution >= 0.6 is 23.2 Å². The van der Waals surface area contributed by atoms with Crippen LogP contribution in [-0.2, 0) is 4.79 Å². The van der Waals surface area contributed by atoms with Crippen molar-refractivity contribution in [1.82, 2.24) is 5.32 Å². The molecule has 0 spiro atoms. The van der Waals surface area contributed by atoms with E-state index in [1.165, 1.54) is 0 Å². The van der Waals surface area contributed by atoms with Gasteiger partial charge in [0.1, 0.15) is 11.3 Å². The highest BCUT2D eigenvalue weighted by molar-refractivity contribution is 6.35. The fourth-order valence-corrected chi connectivity index (χ4v) is 3.03. The van der Waals surface area contributed by atoms with Crippen LogP contribution in [0.4, 0.5) is 0 Å². The van der Waals surface area contributed by atoms with Gasteiger partial charge in [-0.15, -0.1) is 0 Å². The quantitative estimate of drug-likeness (QED) is 0.897. The zero-order chi connectivity index (χ0) is 16.2. The summed E-state index contributed by atoms with van der Waals surface area (Å²) in [6.07, 6.45) is 3.63. The van der Waals surface area contributed by atoms with Gasteiger partial charge in [-0.3, -0.25) is 4.79 Å². The van der Waals surface area contributed by atoms with Crippen molar-refractivity contribution < 1.29 is 9.53 Å². The van der Waals surface area contributed by atoms with E-state index < -0.39 is 11.6 Å². The summed E-state index contributed by atoms with van der Waals surface area (Å²) in [6, 6.07) is 7.08. The lowest BCUT2D eigenvalue weighted by Crippen LogP contribution is -2.52. The SMILES string of the molecule is CC(Oc1ccc(Cl)cc1Cl)C(=O)NC1(C#N)CCCCC1. The van der Waals surface area contributed by atoms with E-state index in [-0.39, 0.29) is 5.91 Å². The first-order chi connectivity index (χ1) is 10.5. The zero-order valence-electron chi connectivity index (χ0n) is 12.4. The molecule has 2 rings (SSSR count). The minimum atomic E-state index is -0.767. The summed E-state index contributed by atoms with van der Waals surface area (Å²) < 4.78 is 5.58. The van der Waals surface area contributed by atoms with E-state index in [2.05, 4.69) is 11.4 Å². The molecule has 118 valence electrons. The van der Waals surface area contributed by atoms with Crippen molar-refractivity contribution in [2.75, 3.05) is 0 Å². The first kappa shape index (κ1) is 16.9. The van der Waals surface area contributed by atoms with Gasteiger partial charge in [0.2, 0.25) is 0 Å². The van der Waals surface area contributed by atoms with E-state index in [0.717, 1.165) is 19.3 Å². The van der Waals surface area contributed by atoms with Crippen LogP contribution in [-0.4, -0.2) is 17.6 Å². The van der Waals surface area contributed by atoms with Gasteiger partial charge in [0.05, 0.1) is 11.1 Å². The van der Waals surface area contributed by atoms with Gasteiger partial charge >= 0.3 is 0 Å². The minimum absolute atomic E-state index is 0.311. The maximum absolute atomic E-state index is 12.3. The number of hydrogen-bond donors (Lipinski definition) is 1. The fourth-order valence-electron chi connectivity index (χ4n) is 2.57. The molecule has 0 heterocycles. The van der Waals surface area contributed by atoms with Gasteiger partial charge in [0.15, 0.2) is 6.10 Å². The molecule has 22 heavy (non-hydrogen) atoms. The van der Waals surface area contributed by atoms with Crippen molar-refractivity contribution in [2.24, 2.45) is 0 Å². The molecule has 1 saturated carbocycles. The second kappa shape index (κ2) is 7.21. The Hall–Kier alpha value is -1.44. The zero-order valence-corrected chi connectivity index (χ0v) is 13.9. The summed E-state index contributed by atoms with van der Waals surface area (Å²) in [5.74, 6) is 0.0813. The first-order valence-electron chi connectivity index (χ1n) is 7.31.